The molecule has 0 aliphatic carbocycles. The smallest absolute Gasteiger partial charge is 0.237 e. The Hall–Kier alpha value is -1.95. The van der Waals surface area contributed by atoms with Crippen LogP contribution in [0.4, 0.5) is 4.39 Å². The summed E-state index contributed by atoms with van der Waals surface area (Å²) >= 11 is 0. The standard InChI is InChI=1S/C19H28FN3O2/c1-3-10-22(11-4-2)18(24)13-17-19(25)21-9-12-23(17)14-15-5-7-16(20)8-6-15/h5-8,17H,3-4,9-14H2,1-2H3,(H,21,25). The number of carbonyl (C=O) groups excluding carboxylic acids is 2. The number of rotatable bonds is 8. The quantitative estimate of drug-likeness (QED) is 0.783. The predicted octanol–water partition coefficient (Wildman–Crippen LogP) is 2.16. The summed E-state index contributed by atoms with van der Waals surface area (Å²) in [7, 11) is 0. The molecule has 0 saturated carbocycles. The lowest BCUT2D eigenvalue weighted by atomic mass is 10.1. The van der Waals surface area contributed by atoms with Gasteiger partial charge in [-0.1, -0.05) is 26.0 Å². The Bertz CT molecular complexity index is 571. The zero-order chi connectivity index (χ0) is 18.2. The zero-order valence-electron chi connectivity index (χ0n) is 15.1. The van der Waals surface area contributed by atoms with E-state index in [-0.39, 0.29) is 24.1 Å². The van der Waals surface area contributed by atoms with E-state index in [9.17, 15) is 14.0 Å². The molecule has 0 radical (unpaired) electrons. The molecule has 1 aromatic carbocycles. The molecule has 1 unspecified atom stereocenters. The van der Waals surface area contributed by atoms with E-state index in [1.807, 2.05) is 23.6 Å². The van der Waals surface area contributed by atoms with Crippen molar-refractivity contribution in [1.29, 1.82) is 0 Å². The average Bonchev–Trinajstić information content (AvgIpc) is 2.59. The SMILES string of the molecule is CCCN(CCC)C(=O)CC1C(=O)NCCN1Cc1ccc(F)cc1. The molecule has 1 N–H and O–H groups in total. The highest BCUT2D eigenvalue weighted by Gasteiger charge is 2.32. The number of benzene rings is 1. The van der Waals surface area contributed by atoms with Crippen LogP contribution in [0.25, 0.3) is 0 Å². The Kier molecular flexibility index (Phi) is 7.37. The van der Waals surface area contributed by atoms with Crippen molar-refractivity contribution in [3.8, 4) is 0 Å². The Morgan fingerprint density at radius 2 is 1.88 bits per heavy atom. The first-order valence-electron chi connectivity index (χ1n) is 9.09. The fourth-order valence-electron chi connectivity index (χ4n) is 3.19. The van der Waals surface area contributed by atoms with Crippen LogP contribution in [0.1, 0.15) is 38.7 Å². The van der Waals surface area contributed by atoms with Crippen molar-refractivity contribution < 1.29 is 14.0 Å². The van der Waals surface area contributed by atoms with Crippen LogP contribution < -0.4 is 5.32 Å². The molecule has 5 nitrogen and oxygen atoms in total. The number of carbonyl (C=O) groups is 2. The van der Waals surface area contributed by atoms with Crippen LogP contribution in [0.5, 0.6) is 0 Å². The number of hydrogen-bond acceptors (Lipinski definition) is 3. The lowest BCUT2D eigenvalue weighted by Crippen LogP contribution is -2.56. The molecule has 1 aliphatic heterocycles. The summed E-state index contributed by atoms with van der Waals surface area (Å²) in [6.07, 6.45) is 2.00. The Balaban J connectivity index is 2.06. The molecule has 0 aromatic heterocycles. The van der Waals surface area contributed by atoms with Gasteiger partial charge in [0.1, 0.15) is 5.82 Å². The molecule has 1 aliphatic rings. The molecule has 0 spiro atoms. The molecule has 25 heavy (non-hydrogen) atoms. The van der Waals surface area contributed by atoms with E-state index in [2.05, 4.69) is 5.32 Å². The molecule has 1 fully saturated rings. The van der Waals surface area contributed by atoms with Crippen molar-refractivity contribution >= 4 is 11.8 Å². The van der Waals surface area contributed by atoms with Gasteiger partial charge < -0.3 is 10.2 Å². The summed E-state index contributed by atoms with van der Waals surface area (Å²) in [4.78, 5) is 28.8. The Morgan fingerprint density at radius 1 is 1.24 bits per heavy atom. The second-order valence-electron chi connectivity index (χ2n) is 6.49. The third-order valence-corrected chi connectivity index (χ3v) is 4.45. The van der Waals surface area contributed by atoms with E-state index in [0.29, 0.717) is 19.6 Å². The van der Waals surface area contributed by atoms with E-state index < -0.39 is 6.04 Å². The molecule has 2 rings (SSSR count). The molecule has 138 valence electrons. The van der Waals surface area contributed by atoms with Crippen LogP contribution in [-0.2, 0) is 16.1 Å². The maximum atomic E-state index is 13.1. The Morgan fingerprint density at radius 3 is 2.48 bits per heavy atom. The summed E-state index contributed by atoms with van der Waals surface area (Å²) in [5, 5.41) is 2.85. The summed E-state index contributed by atoms with van der Waals surface area (Å²) < 4.78 is 13.1. The summed E-state index contributed by atoms with van der Waals surface area (Å²) in [5.74, 6) is -0.355. The molecule has 6 heteroatoms. The first kappa shape index (κ1) is 19.4. The highest BCUT2D eigenvalue weighted by molar-refractivity contribution is 5.88. The van der Waals surface area contributed by atoms with Gasteiger partial charge in [-0.3, -0.25) is 14.5 Å². The fraction of sp³-hybridized carbons (Fsp3) is 0.579. The van der Waals surface area contributed by atoms with Gasteiger partial charge in [-0.15, -0.1) is 0 Å². The second kappa shape index (κ2) is 9.51. The minimum absolute atomic E-state index is 0.0230. The maximum Gasteiger partial charge on any atom is 0.237 e. The van der Waals surface area contributed by atoms with E-state index in [1.54, 1.807) is 12.1 Å². The minimum atomic E-state index is -0.470. The third-order valence-electron chi connectivity index (χ3n) is 4.45. The monoisotopic (exact) mass is 349 g/mol. The van der Waals surface area contributed by atoms with Gasteiger partial charge in [-0.25, -0.2) is 4.39 Å². The predicted molar refractivity (Wildman–Crippen MR) is 95.4 cm³/mol. The van der Waals surface area contributed by atoms with E-state index in [1.165, 1.54) is 12.1 Å². The van der Waals surface area contributed by atoms with Crippen LogP contribution >= 0.6 is 0 Å². The Labute approximate surface area is 149 Å². The molecule has 0 bridgehead atoms. The van der Waals surface area contributed by atoms with E-state index >= 15 is 0 Å². The summed E-state index contributed by atoms with van der Waals surface area (Å²) in [6, 6.07) is 5.82. The molecule has 1 atom stereocenters. The average molecular weight is 349 g/mol. The van der Waals surface area contributed by atoms with Gasteiger partial charge in [0.25, 0.3) is 0 Å². The third kappa shape index (κ3) is 5.53. The van der Waals surface area contributed by atoms with Crippen molar-refractivity contribution in [2.75, 3.05) is 26.2 Å². The van der Waals surface area contributed by atoms with Gasteiger partial charge in [0.15, 0.2) is 0 Å². The van der Waals surface area contributed by atoms with E-state index in [4.69, 9.17) is 0 Å². The highest BCUT2D eigenvalue weighted by Crippen LogP contribution is 2.16. The number of nitrogens with one attached hydrogen (secondary N) is 1. The normalized spacial score (nSPS) is 18.0. The van der Waals surface area contributed by atoms with Crippen molar-refractivity contribution in [3.63, 3.8) is 0 Å². The molecular weight excluding hydrogens is 321 g/mol. The second-order valence-corrected chi connectivity index (χ2v) is 6.49. The maximum absolute atomic E-state index is 13.1. The van der Waals surface area contributed by atoms with Crippen molar-refractivity contribution in [2.45, 2.75) is 45.7 Å². The first-order chi connectivity index (χ1) is 12.0. The lowest BCUT2D eigenvalue weighted by Gasteiger charge is -2.35. The number of hydrogen-bond donors (Lipinski definition) is 1. The molecule has 1 aromatic rings. The van der Waals surface area contributed by atoms with Crippen molar-refractivity contribution in [3.05, 3.63) is 35.6 Å². The van der Waals surface area contributed by atoms with E-state index in [0.717, 1.165) is 31.5 Å². The van der Waals surface area contributed by atoms with Crippen LogP contribution in [0, 0.1) is 5.82 Å². The largest absolute Gasteiger partial charge is 0.353 e. The van der Waals surface area contributed by atoms with Crippen LogP contribution in [0.2, 0.25) is 0 Å². The van der Waals surface area contributed by atoms with Crippen LogP contribution in [0.3, 0.4) is 0 Å². The summed E-state index contributed by atoms with van der Waals surface area (Å²) in [6.45, 7) is 7.32. The van der Waals surface area contributed by atoms with Gasteiger partial charge in [-0.05, 0) is 30.5 Å². The van der Waals surface area contributed by atoms with Crippen molar-refractivity contribution in [1.82, 2.24) is 15.1 Å². The molecule has 1 heterocycles. The zero-order valence-corrected chi connectivity index (χ0v) is 15.1. The molecule has 2 amide bonds. The van der Waals surface area contributed by atoms with Gasteiger partial charge in [0.2, 0.25) is 11.8 Å². The van der Waals surface area contributed by atoms with Gasteiger partial charge in [-0.2, -0.15) is 0 Å². The van der Waals surface area contributed by atoms with Gasteiger partial charge in [0.05, 0.1) is 12.5 Å². The number of piperazine rings is 1. The van der Waals surface area contributed by atoms with Gasteiger partial charge >= 0.3 is 0 Å². The summed E-state index contributed by atoms with van der Waals surface area (Å²) in [5.41, 5.74) is 0.938. The first-order valence-corrected chi connectivity index (χ1v) is 9.09. The van der Waals surface area contributed by atoms with Crippen LogP contribution in [-0.4, -0.2) is 53.8 Å². The lowest BCUT2D eigenvalue weighted by molar-refractivity contribution is -0.139. The molecule has 1 saturated heterocycles. The highest BCUT2D eigenvalue weighted by atomic mass is 19.1. The minimum Gasteiger partial charge on any atom is -0.353 e. The van der Waals surface area contributed by atoms with Crippen molar-refractivity contribution in [2.24, 2.45) is 0 Å². The molecular formula is C19H28FN3O2. The number of nitrogens with zero attached hydrogens (tertiary/aromatic N) is 2. The number of halogens is 1. The fourth-order valence-corrected chi connectivity index (χ4v) is 3.19. The van der Waals surface area contributed by atoms with Gasteiger partial charge in [0, 0.05) is 32.7 Å². The topological polar surface area (TPSA) is 52.7 Å². The van der Waals surface area contributed by atoms with Crippen LogP contribution in [0.15, 0.2) is 24.3 Å². The number of amides is 2.